The second kappa shape index (κ2) is 8.88. The summed E-state index contributed by atoms with van der Waals surface area (Å²) in [7, 11) is 6.07. The Bertz CT molecular complexity index is 945. The first-order valence-electron chi connectivity index (χ1n) is 10.3. The minimum atomic E-state index is -0.641. The van der Waals surface area contributed by atoms with Gasteiger partial charge in [-0.15, -0.1) is 0 Å². The predicted molar refractivity (Wildman–Crippen MR) is 122 cm³/mol. The van der Waals surface area contributed by atoms with Crippen molar-refractivity contribution in [3.63, 3.8) is 0 Å². The van der Waals surface area contributed by atoms with Gasteiger partial charge in [-0.2, -0.15) is 0 Å². The third kappa shape index (κ3) is 4.65. The molecule has 1 atom stereocenters. The van der Waals surface area contributed by atoms with Gasteiger partial charge in [0.25, 0.3) is 0 Å². The molecule has 1 aliphatic heterocycles. The van der Waals surface area contributed by atoms with E-state index in [-0.39, 0.29) is 6.04 Å². The molecule has 6 heteroatoms. The van der Waals surface area contributed by atoms with Gasteiger partial charge in [0, 0.05) is 31.5 Å². The zero-order valence-electron chi connectivity index (χ0n) is 18.8. The number of carbonyl (C=O) groups excluding carboxylic acids is 2. The van der Waals surface area contributed by atoms with E-state index in [9.17, 15) is 9.59 Å². The van der Waals surface area contributed by atoms with Crippen molar-refractivity contribution in [1.29, 1.82) is 0 Å². The summed E-state index contributed by atoms with van der Waals surface area (Å²) in [6, 6.07) is 10.4. The largest absolute Gasteiger partial charge is 0.374 e. The number of hydrogen-bond acceptors (Lipinski definition) is 4. The fourth-order valence-corrected chi connectivity index (χ4v) is 4.21. The molecule has 0 aromatic heterocycles. The summed E-state index contributed by atoms with van der Waals surface area (Å²) in [5, 5.41) is 5.57. The quantitative estimate of drug-likeness (QED) is 0.747. The highest BCUT2D eigenvalue weighted by molar-refractivity contribution is 6.39. The summed E-state index contributed by atoms with van der Waals surface area (Å²) in [5.41, 5.74) is 7.46. The summed E-state index contributed by atoms with van der Waals surface area (Å²) in [6.07, 6.45) is 1.03. The molecule has 0 unspecified atom stereocenters. The van der Waals surface area contributed by atoms with Crippen molar-refractivity contribution in [3.05, 3.63) is 58.1 Å². The minimum Gasteiger partial charge on any atom is -0.374 e. The topological polar surface area (TPSA) is 64.7 Å². The third-order valence-electron chi connectivity index (χ3n) is 5.82. The number of fused-ring (bicyclic) bond motifs is 1. The summed E-state index contributed by atoms with van der Waals surface area (Å²) < 4.78 is 0. The van der Waals surface area contributed by atoms with Gasteiger partial charge in [0.2, 0.25) is 0 Å². The standard InChI is InChI=1S/C24H32N4O2/c1-15-11-16(2)22(17(3)12-15)26-24(30)23(29)25-14-21(27(4)5)18-7-8-20-19(13-18)9-10-28(20)6/h7-8,11-13,21H,9-10,14H2,1-6H3,(H,25,29)(H,26,30)/t21-/m0/s1. The number of aryl methyl sites for hydroxylation is 3. The maximum Gasteiger partial charge on any atom is 0.313 e. The van der Waals surface area contributed by atoms with Gasteiger partial charge in [-0.1, -0.05) is 29.8 Å². The Hall–Kier alpha value is -2.86. The molecule has 2 aromatic rings. The van der Waals surface area contributed by atoms with Crippen molar-refractivity contribution in [2.45, 2.75) is 33.2 Å². The second-order valence-electron chi connectivity index (χ2n) is 8.48. The van der Waals surface area contributed by atoms with Crippen LogP contribution in [0.25, 0.3) is 0 Å². The Labute approximate surface area is 179 Å². The summed E-state index contributed by atoms with van der Waals surface area (Å²) in [6.45, 7) is 7.26. The monoisotopic (exact) mass is 408 g/mol. The van der Waals surface area contributed by atoms with Gasteiger partial charge in [0.05, 0.1) is 6.04 Å². The highest BCUT2D eigenvalue weighted by atomic mass is 16.2. The van der Waals surface area contributed by atoms with Crippen LogP contribution in [0, 0.1) is 20.8 Å². The number of nitrogens with zero attached hydrogens (tertiary/aromatic N) is 2. The first kappa shape index (κ1) is 21.8. The first-order chi connectivity index (χ1) is 14.2. The number of benzene rings is 2. The van der Waals surface area contributed by atoms with Crippen LogP contribution in [0.15, 0.2) is 30.3 Å². The fraction of sp³-hybridized carbons (Fsp3) is 0.417. The van der Waals surface area contributed by atoms with Gasteiger partial charge in [-0.05, 0) is 69.6 Å². The van der Waals surface area contributed by atoms with Crippen molar-refractivity contribution >= 4 is 23.2 Å². The molecule has 1 aliphatic rings. The molecule has 1 heterocycles. The number of rotatable bonds is 5. The number of hydrogen-bond donors (Lipinski definition) is 2. The van der Waals surface area contributed by atoms with E-state index in [4.69, 9.17) is 0 Å². The van der Waals surface area contributed by atoms with E-state index in [1.807, 2.05) is 47.0 Å². The number of amides is 2. The average Bonchev–Trinajstić information content (AvgIpc) is 3.04. The molecule has 6 nitrogen and oxygen atoms in total. The van der Waals surface area contributed by atoms with Crippen LogP contribution in [-0.2, 0) is 16.0 Å². The van der Waals surface area contributed by atoms with Crippen molar-refractivity contribution in [3.8, 4) is 0 Å². The lowest BCUT2D eigenvalue weighted by Gasteiger charge is -2.26. The van der Waals surface area contributed by atoms with Gasteiger partial charge in [-0.3, -0.25) is 9.59 Å². The molecule has 160 valence electrons. The maximum absolute atomic E-state index is 12.5. The van der Waals surface area contributed by atoms with Gasteiger partial charge in [-0.25, -0.2) is 0 Å². The van der Waals surface area contributed by atoms with Crippen LogP contribution in [0.1, 0.15) is 33.9 Å². The lowest BCUT2D eigenvalue weighted by molar-refractivity contribution is -0.136. The van der Waals surface area contributed by atoms with E-state index in [1.165, 1.54) is 11.3 Å². The fourth-order valence-electron chi connectivity index (χ4n) is 4.21. The van der Waals surface area contributed by atoms with Gasteiger partial charge >= 0.3 is 11.8 Å². The maximum atomic E-state index is 12.5. The highest BCUT2D eigenvalue weighted by Gasteiger charge is 2.22. The Kier molecular flexibility index (Phi) is 6.46. The molecule has 0 bridgehead atoms. The molecule has 2 N–H and O–H groups in total. The number of carbonyl (C=O) groups is 2. The Morgan fingerprint density at radius 2 is 1.73 bits per heavy atom. The molecule has 0 aliphatic carbocycles. The smallest absolute Gasteiger partial charge is 0.313 e. The summed E-state index contributed by atoms with van der Waals surface area (Å²) >= 11 is 0. The van der Waals surface area contributed by atoms with Crippen LogP contribution in [0.5, 0.6) is 0 Å². The lowest BCUT2D eigenvalue weighted by atomic mass is 10.0. The van der Waals surface area contributed by atoms with Crippen LogP contribution < -0.4 is 15.5 Å². The van der Waals surface area contributed by atoms with Crippen LogP contribution >= 0.6 is 0 Å². The molecule has 0 spiro atoms. The van der Waals surface area contributed by atoms with E-state index in [2.05, 4.69) is 45.7 Å². The molecule has 30 heavy (non-hydrogen) atoms. The molecule has 0 saturated heterocycles. The predicted octanol–water partition coefficient (Wildman–Crippen LogP) is 2.96. The lowest BCUT2D eigenvalue weighted by Crippen LogP contribution is -2.40. The van der Waals surface area contributed by atoms with Crippen molar-refractivity contribution in [1.82, 2.24) is 10.2 Å². The number of nitrogens with one attached hydrogen (secondary N) is 2. The van der Waals surface area contributed by atoms with Crippen LogP contribution in [0.2, 0.25) is 0 Å². The van der Waals surface area contributed by atoms with E-state index in [0.29, 0.717) is 12.2 Å². The van der Waals surface area contributed by atoms with Gasteiger partial charge in [0.15, 0.2) is 0 Å². The van der Waals surface area contributed by atoms with Crippen LogP contribution in [-0.4, -0.2) is 50.9 Å². The SMILES string of the molecule is Cc1cc(C)c(NC(=O)C(=O)NC[C@@H](c2ccc3c(c2)CCN3C)N(C)C)c(C)c1. The van der Waals surface area contributed by atoms with Crippen LogP contribution in [0.4, 0.5) is 11.4 Å². The number of likely N-dealkylation sites (N-methyl/N-ethyl adjacent to an activating group) is 2. The third-order valence-corrected chi connectivity index (χ3v) is 5.82. The summed E-state index contributed by atoms with van der Waals surface area (Å²) in [5.74, 6) is -1.26. The zero-order chi connectivity index (χ0) is 22.0. The van der Waals surface area contributed by atoms with Gasteiger partial charge < -0.3 is 20.4 Å². The second-order valence-corrected chi connectivity index (χ2v) is 8.48. The first-order valence-corrected chi connectivity index (χ1v) is 10.3. The van der Waals surface area contributed by atoms with Crippen molar-refractivity contribution in [2.24, 2.45) is 0 Å². The molecular formula is C24H32N4O2. The van der Waals surface area contributed by atoms with E-state index in [0.717, 1.165) is 35.2 Å². The molecule has 0 fully saturated rings. The normalized spacial score (nSPS) is 13.9. The van der Waals surface area contributed by atoms with Crippen LogP contribution in [0.3, 0.4) is 0 Å². The van der Waals surface area contributed by atoms with E-state index < -0.39 is 11.8 Å². The number of anilines is 2. The van der Waals surface area contributed by atoms with Crippen molar-refractivity contribution < 1.29 is 9.59 Å². The minimum absolute atomic E-state index is 0.0131. The van der Waals surface area contributed by atoms with Crippen molar-refractivity contribution in [2.75, 3.05) is 44.4 Å². The molecule has 2 amide bonds. The molecular weight excluding hydrogens is 376 g/mol. The Morgan fingerprint density at radius 3 is 2.37 bits per heavy atom. The van der Waals surface area contributed by atoms with E-state index in [1.54, 1.807) is 0 Å². The highest BCUT2D eigenvalue weighted by Crippen LogP contribution is 2.30. The molecule has 2 aromatic carbocycles. The Balaban J connectivity index is 1.66. The van der Waals surface area contributed by atoms with Gasteiger partial charge in [0.1, 0.15) is 0 Å². The summed E-state index contributed by atoms with van der Waals surface area (Å²) in [4.78, 5) is 29.3. The average molecular weight is 409 g/mol. The molecule has 0 radical (unpaired) electrons. The molecule has 0 saturated carbocycles. The molecule has 3 rings (SSSR count). The zero-order valence-corrected chi connectivity index (χ0v) is 18.8. The van der Waals surface area contributed by atoms with E-state index >= 15 is 0 Å². The Morgan fingerprint density at radius 1 is 1.07 bits per heavy atom.